The van der Waals surface area contributed by atoms with Gasteiger partial charge < -0.3 is 4.57 Å². The van der Waals surface area contributed by atoms with E-state index in [2.05, 4.69) is 9.97 Å². The molecule has 0 fully saturated rings. The van der Waals surface area contributed by atoms with E-state index in [-0.39, 0.29) is 12.1 Å². The minimum absolute atomic E-state index is 0.167. The summed E-state index contributed by atoms with van der Waals surface area (Å²) in [5.74, 6) is -1.41. The lowest BCUT2D eigenvalue weighted by Gasteiger charge is -2.13. The first kappa shape index (κ1) is 18.1. The fourth-order valence-corrected chi connectivity index (χ4v) is 3.61. The molecule has 30 heavy (non-hydrogen) atoms. The molecule has 0 radical (unpaired) electrons. The second-order valence-electron chi connectivity index (χ2n) is 7.00. The fourth-order valence-electron chi connectivity index (χ4n) is 3.61. The van der Waals surface area contributed by atoms with E-state index in [9.17, 15) is 13.6 Å². The van der Waals surface area contributed by atoms with E-state index in [1.807, 2.05) is 24.3 Å². The Kier molecular flexibility index (Phi) is 4.32. The second kappa shape index (κ2) is 7.15. The molecule has 6 heteroatoms. The summed E-state index contributed by atoms with van der Waals surface area (Å²) in [4.78, 5) is 20.7. The summed E-state index contributed by atoms with van der Waals surface area (Å²) < 4.78 is 31.2. The van der Waals surface area contributed by atoms with Crippen LogP contribution in [0.5, 0.6) is 0 Å². The highest BCUT2D eigenvalue weighted by Crippen LogP contribution is 2.27. The van der Waals surface area contributed by atoms with Gasteiger partial charge in [-0.15, -0.1) is 0 Å². The smallest absolute Gasteiger partial charge is 0.269 e. The van der Waals surface area contributed by atoms with E-state index in [4.69, 9.17) is 0 Å². The summed E-state index contributed by atoms with van der Waals surface area (Å²) in [6.45, 7) is -0.221. The van der Waals surface area contributed by atoms with Gasteiger partial charge >= 0.3 is 0 Å². The van der Waals surface area contributed by atoms with Gasteiger partial charge in [-0.1, -0.05) is 24.3 Å². The summed E-state index contributed by atoms with van der Waals surface area (Å²) in [5.41, 5.74) is 2.44. The maximum Gasteiger partial charge on any atom is 0.269 e. The highest BCUT2D eigenvalue weighted by atomic mass is 19.1. The van der Waals surface area contributed by atoms with Gasteiger partial charge in [0, 0.05) is 17.1 Å². The SMILES string of the molecule is O=c1cnc2ccccc2n1Cc1c(F)cc(-c2ccc3ncccc3c2)cc1F. The second-order valence-corrected chi connectivity index (χ2v) is 7.00. The van der Waals surface area contributed by atoms with Crippen molar-refractivity contribution >= 4 is 21.9 Å². The standard InChI is InChI=1S/C24H15F2N3O/c25-19-11-17(15-7-8-21-16(10-15)4-3-9-27-21)12-20(26)18(19)14-29-23-6-2-1-5-22(23)28-13-24(29)30/h1-13H,14H2. The summed E-state index contributed by atoms with van der Waals surface area (Å²) in [6, 6.07) is 18.7. The molecule has 0 bridgehead atoms. The summed E-state index contributed by atoms with van der Waals surface area (Å²) in [7, 11) is 0. The van der Waals surface area contributed by atoms with Gasteiger partial charge in [-0.05, 0) is 53.6 Å². The predicted octanol–water partition coefficient (Wildman–Crippen LogP) is 4.94. The molecule has 0 atom stereocenters. The number of hydrogen-bond donors (Lipinski definition) is 0. The Labute approximate surface area is 170 Å². The Balaban J connectivity index is 1.58. The highest BCUT2D eigenvalue weighted by molar-refractivity contribution is 5.84. The van der Waals surface area contributed by atoms with Crippen LogP contribution in [0, 0.1) is 11.6 Å². The molecule has 4 nitrogen and oxygen atoms in total. The third-order valence-corrected chi connectivity index (χ3v) is 5.15. The average molecular weight is 399 g/mol. The topological polar surface area (TPSA) is 47.8 Å². The molecule has 0 aliphatic heterocycles. The molecule has 146 valence electrons. The van der Waals surface area contributed by atoms with Gasteiger partial charge in [0.15, 0.2) is 0 Å². The van der Waals surface area contributed by atoms with Crippen LogP contribution in [-0.4, -0.2) is 14.5 Å². The number of hydrogen-bond acceptors (Lipinski definition) is 3. The third-order valence-electron chi connectivity index (χ3n) is 5.15. The summed E-state index contributed by atoms with van der Waals surface area (Å²) in [5, 5.41) is 0.884. The Bertz CT molecular complexity index is 1450. The van der Waals surface area contributed by atoms with Crippen LogP contribution in [0.25, 0.3) is 33.1 Å². The van der Waals surface area contributed by atoms with E-state index in [1.54, 1.807) is 36.5 Å². The Morgan fingerprint density at radius 2 is 1.60 bits per heavy atom. The zero-order valence-electron chi connectivity index (χ0n) is 15.7. The fraction of sp³-hybridized carbons (Fsp3) is 0.0417. The molecule has 0 N–H and O–H groups in total. The quantitative estimate of drug-likeness (QED) is 0.432. The first-order valence-corrected chi connectivity index (χ1v) is 9.38. The number of nitrogens with zero attached hydrogens (tertiary/aromatic N) is 3. The molecule has 0 saturated heterocycles. The van der Waals surface area contributed by atoms with Gasteiger partial charge in [0.05, 0.1) is 29.3 Å². The van der Waals surface area contributed by atoms with Crippen LogP contribution in [0.4, 0.5) is 8.78 Å². The summed E-state index contributed by atoms with van der Waals surface area (Å²) >= 11 is 0. The van der Waals surface area contributed by atoms with Crippen molar-refractivity contribution in [2.45, 2.75) is 6.54 Å². The number of pyridine rings is 1. The number of benzene rings is 3. The van der Waals surface area contributed by atoms with Crippen molar-refractivity contribution in [1.29, 1.82) is 0 Å². The first-order valence-electron chi connectivity index (χ1n) is 9.38. The lowest BCUT2D eigenvalue weighted by Crippen LogP contribution is -2.22. The first-order chi connectivity index (χ1) is 14.6. The molecule has 0 saturated carbocycles. The van der Waals surface area contributed by atoms with Crippen LogP contribution in [0.2, 0.25) is 0 Å². The van der Waals surface area contributed by atoms with Gasteiger partial charge in [0.1, 0.15) is 11.6 Å². The van der Waals surface area contributed by atoms with Crippen molar-refractivity contribution in [2.24, 2.45) is 0 Å². The van der Waals surface area contributed by atoms with Gasteiger partial charge in [-0.3, -0.25) is 9.78 Å². The molecule has 2 heterocycles. The number of para-hydroxylation sites is 2. The zero-order valence-corrected chi connectivity index (χ0v) is 15.7. The van der Waals surface area contributed by atoms with Gasteiger partial charge in [0.2, 0.25) is 0 Å². The van der Waals surface area contributed by atoms with Crippen molar-refractivity contribution in [1.82, 2.24) is 14.5 Å². The molecule has 5 aromatic rings. The average Bonchev–Trinajstić information content (AvgIpc) is 2.77. The lowest BCUT2D eigenvalue weighted by molar-refractivity contribution is 0.545. The van der Waals surface area contributed by atoms with E-state index in [0.717, 1.165) is 17.1 Å². The molecule has 0 amide bonds. The van der Waals surface area contributed by atoms with Crippen LogP contribution in [0.3, 0.4) is 0 Å². The van der Waals surface area contributed by atoms with Crippen LogP contribution in [0.15, 0.2) is 83.9 Å². The monoisotopic (exact) mass is 399 g/mol. The van der Waals surface area contributed by atoms with Gasteiger partial charge in [0.25, 0.3) is 5.56 Å². The highest BCUT2D eigenvalue weighted by Gasteiger charge is 2.15. The van der Waals surface area contributed by atoms with E-state index < -0.39 is 17.2 Å². The van der Waals surface area contributed by atoms with E-state index >= 15 is 0 Å². The van der Waals surface area contributed by atoms with E-state index in [0.29, 0.717) is 22.2 Å². The maximum atomic E-state index is 14.9. The van der Waals surface area contributed by atoms with Crippen molar-refractivity contribution in [3.05, 3.63) is 107 Å². The number of halogens is 2. The van der Waals surface area contributed by atoms with E-state index in [1.165, 1.54) is 16.7 Å². The minimum atomic E-state index is -0.705. The maximum absolute atomic E-state index is 14.9. The van der Waals surface area contributed by atoms with Crippen LogP contribution < -0.4 is 5.56 Å². The predicted molar refractivity (Wildman–Crippen MR) is 112 cm³/mol. The minimum Gasteiger partial charge on any atom is -0.301 e. The molecule has 5 rings (SSSR count). The normalized spacial score (nSPS) is 11.3. The van der Waals surface area contributed by atoms with Gasteiger partial charge in [-0.25, -0.2) is 13.8 Å². The molecule has 0 aliphatic carbocycles. The Morgan fingerprint density at radius 3 is 2.43 bits per heavy atom. The van der Waals surface area contributed by atoms with Crippen LogP contribution >= 0.6 is 0 Å². The zero-order chi connectivity index (χ0) is 20.7. The molecule has 0 unspecified atom stereocenters. The molecular formula is C24H15F2N3O. The van der Waals surface area contributed by atoms with Crippen molar-refractivity contribution in [2.75, 3.05) is 0 Å². The lowest BCUT2D eigenvalue weighted by atomic mass is 10.0. The number of rotatable bonds is 3. The largest absolute Gasteiger partial charge is 0.301 e. The number of aromatic nitrogens is 3. The van der Waals surface area contributed by atoms with Crippen LogP contribution in [0.1, 0.15) is 5.56 Å². The summed E-state index contributed by atoms with van der Waals surface area (Å²) in [6.07, 6.45) is 2.86. The van der Waals surface area contributed by atoms with Crippen molar-refractivity contribution in [3.8, 4) is 11.1 Å². The van der Waals surface area contributed by atoms with Gasteiger partial charge in [-0.2, -0.15) is 0 Å². The molecule has 3 aromatic carbocycles. The molecule has 2 aromatic heterocycles. The Hall–Kier alpha value is -3.93. The van der Waals surface area contributed by atoms with Crippen molar-refractivity contribution < 1.29 is 8.78 Å². The molecule has 0 spiro atoms. The number of fused-ring (bicyclic) bond motifs is 2. The van der Waals surface area contributed by atoms with Crippen molar-refractivity contribution in [3.63, 3.8) is 0 Å². The van der Waals surface area contributed by atoms with Crippen LogP contribution in [-0.2, 0) is 6.54 Å². The molecule has 0 aliphatic rings. The Morgan fingerprint density at radius 1 is 0.800 bits per heavy atom. The molecular weight excluding hydrogens is 384 g/mol. The third kappa shape index (κ3) is 3.12.